The lowest BCUT2D eigenvalue weighted by Crippen LogP contribution is -2.44. The van der Waals surface area contributed by atoms with E-state index in [4.69, 9.17) is 5.11 Å². The molecule has 1 N–H and O–H groups in total. The van der Waals surface area contributed by atoms with Crippen molar-refractivity contribution in [3.63, 3.8) is 0 Å². The van der Waals surface area contributed by atoms with Crippen LogP contribution in [-0.2, 0) is 0 Å². The van der Waals surface area contributed by atoms with Gasteiger partial charge in [0.1, 0.15) is 0 Å². The predicted molar refractivity (Wildman–Crippen MR) is 72.3 cm³/mol. The summed E-state index contributed by atoms with van der Waals surface area (Å²) in [6, 6.07) is 6.58. The van der Waals surface area contributed by atoms with Crippen molar-refractivity contribution in [1.29, 1.82) is 0 Å². The number of likely N-dealkylation sites (tertiary alicyclic amines) is 1. The molecule has 4 heteroatoms. The highest BCUT2D eigenvalue weighted by atomic mass is 16.4. The number of benzene rings is 1. The summed E-state index contributed by atoms with van der Waals surface area (Å²) in [5.74, 6) is -0.604. The number of nitrogens with zero attached hydrogens (tertiary/aromatic N) is 1. The maximum Gasteiger partial charge on any atom is 0.336 e. The molecular formula is C15H19NO3. The lowest BCUT2D eigenvalue weighted by molar-refractivity contribution is 0.0573. The van der Waals surface area contributed by atoms with Crippen LogP contribution in [0.3, 0.4) is 0 Å². The van der Waals surface area contributed by atoms with Crippen LogP contribution in [-0.4, -0.2) is 34.5 Å². The third kappa shape index (κ3) is 2.78. The molecule has 1 heterocycles. The van der Waals surface area contributed by atoms with Gasteiger partial charge in [-0.1, -0.05) is 19.1 Å². The van der Waals surface area contributed by atoms with E-state index in [2.05, 4.69) is 6.92 Å². The summed E-state index contributed by atoms with van der Waals surface area (Å²) in [5.41, 5.74) is 0.370. The van der Waals surface area contributed by atoms with Gasteiger partial charge in [-0.15, -0.1) is 0 Å². The van der Waals surface area contributed by atoms with Crippen LogP contribution in [0.25, 0.3) is 0 Å². The first-order valence-electron chi connectivity index (χ1n) is 6.64. The molecule has 0 saturated carbocycles. The van der Waals surface area contributed by atoms with E-state index in [1.807, 2.05) is 6.92 Å². The number of amides is 1. The molecule has 1 aromatic rings. The Hall–Kier alpha value is -1.84. The molecule has 1 saturated heterocycles. The summed E-state index contributed by atoms with van der Waals surface area (Å²) >= 11 is 0. The van der Waals surface area contributed by atoms with Crippen LogP contribution in [0.15, 0.2) is 24.3 Å². The highest BCUT2D eigenvalue weighted by molar-refractivity contribution is 6.04. The molecule has 1 fully saturated rings. The number of aromatic carboxylic acids is 1. The fourth-order valence-electron chi connectivity index (χ4n) is 2.72. The van der Waals surface area contributed by atoms with Crippen LogP contribution in [0.4, 0.5) is 0 Å². The molecule has 0 unspecified atom stereocenters. The number of carbonyl (C=O) groups is 2. The molecule has 1 aliphatic rings. The van der Waals surface area contributed by atoms with Gasteiger partial charge in [-0.2, -0.15) is 0 Å². The van der Waals surface area contributed by atoms with Gasteiger partial charge in [-0.05, 0) is 37.8 Å². The molecule has 1 aromatic carbocycles. The minimum Gasteiger partial charge on any atom is -0.478 e. The maximum atomic E-state index is 12.5. The number of carboxylic acids is 1. The second-order valence-corrected chi connectivity index (χ2v) is 5.33. The molecule has 0 bridgehead atoms. The summed E-state index contributed by atoms with van der Waals surface area (Å²) in [6.45, 7) is 4.91. The smallest absolute Gasteiger partial charge is 0.336 e. The number of carboxylic acid groups (broad SMARTS) is 1. The average molecular weight is 261 g/mol. The number of hydrogen-bond acceptors (Lipinski definition) is 2. The van der Waals surface area contributed by atoms with Crippen molar-refractivity contribution in [2.24, 2.45) is 5.92 Å². The molecule has 1 amide bonds. The molecule has 0 aromatic heterocycles. The first kappa shape index (κ1) is 13.6. The Morgan fingerprint density at radius 3 is 2.42 bits per heavy atom. The van der Waals surface area contributed by atoms with E-state index in [-0.39, 0.29) is 23.1 Å². The number of piperidine rings is 1. The van der Waals surface area contributed by atoms with Gasteiger partial charge in [0.2, 0.25) is 0 Å². The average Bonchev–Trinajstić information content (AvgIpc) is 2.38. The van der Waals surface area contributed by atoms with Crippen LogP contribution in [0.5, 0.6) is 0 Å². The van der Waals surface area contributed by atoms with E-state index in [9.17, 15) is 9.59 Å². The van der Waals surface area contributed by atoms with Crippen molar-refractivity contribution in [3.8, 4) is 0 Å². The van der Waals surface area contributed by atoms with Gasteiger partial charge in [0.05, 0.1) is 11.1 Å². The van der Waals surface area contributed by atoms with Crippen LogP contribution in [0.2, 0.25) is 0 Å². The minimum absolute atomic E-state index is 0.0818. The number of hydrogen-bond donors (Lipinski definition) is 1. The summed E-state index contributed by atoms with van der Waals surface area (Å²) in [4.78, 5) is 25.5. The van der Waals surface area contributed by atoms with Gasteiger partial charge in [0.15, 0.2) is 0 Å². The second kappa shape index (κ2) is 5.43. The normalized spacial score (nSPS) is 23.2. The fourth-order valence-corrected chi connectivity index (χ4v) is 2.72. The molecule has 102 valence electrons. The minimum atomic E-state index is -1.05. The zero-order valence-corrected chi connectivity index (χ0v) is 11.3. The summed E-state index contributed by atoms with van der Waals surface area (Å²) < 4.78 is 0. The maximum absolute atomic E-state index is 12.5. The third-order valence-corrected chi connectivity index (χ3v) is 3.79. The largest absolute Gasteiger partial charge is 0.478 e. The van der Waals surface area contributed by atoms with E-state index < -0.39 is 5.97 Å². The standard InChI is InChI=1S/C15H19NO3/c1-10-7-8-16(11(2)9-10)14(17)12-5-3-4-6-13(12)15(18)19/h3-6,10-11H,7-9H2,1-2H3,(H,18,19)/t10-,11+/m1/s1. The van der Waals surface area contributed by atoms with Gasteiger partial charge < -0.3 is 10.0 Å². The van der Waals surface area contributed by atoms with Crippen LogP contribution in [0.1, 0.15) is 47.4 Å². The van der Waals surface area contributed by atoms with Crippen molar-refractivity contribution >= 4 is 11.9 Å². The topological polar surface area (TPSA) is 57.6 Å². The zero-order valence-electron chi connectivity index (χ0n) is 11.3. The van der Waals surface area contributed by atoms with E-state index in [0.717, 1.165) is 12.8 Å². The quantitative estimate of drug-likeness (QED) is 0.890. The highest BCUT2D eigenvalue weighted by Gasteiger charge is 2.29. The molecule has 2 rings (SSSR count). The first-order valence-corrected chi connectivity index (χ1v) is 6.64. The number of rotatable bonds is 2. The van der Waals surface area contributed by atoms with Crippen LogP contribution >= 0.6 is 0 Å². The van der Waals surface area contributed by atoms with Crippen molar-refractivity contribution in [2.75, 3.05) is 6.54 Å². The Labute approximate surface area is 113 Å². The van der Waals surface area contributed by atoms with E-state index in [0.29, 0.717) is 12.5 Å². The molecule has 0 spiro atoms. The molecule has 0 aliphatic carbocycles. The Morgan fingerprint density at radius 1 is 1.21 bits per heavy atom. The number of carbonyl (C=O) groups excluding carboxylic acids is 1. The Balaban J connectivity index is 2.27. The van der Waals surface area contributed by atoms with E-state index >= 15 is 0 Å². The van der Waals surface area contributed by atoms with Crippen LogP contribution in [0, 0.1) is 5.92 Å². The zero-order chi connectivity index (χ0) is 14.0. The summed E-state index contributed by atoms with van der Waals surface area (Å²) in [5, 5.41) is 9.15. The molecule has 19 heavy (non-hydrogen) atoms. The molecule has 4 nitrogen and oxygen atoms in total. The third-order valence-electron chi connectivity index (χ3n) is 3.79. The van der Waals surface area contributed by atoms with Crippen molar-refractivity contribution in [2.45, 2.75) is 32.7 Å². The summed E-state index contributed by atoms with van der Waals surface area (Å²) in [6.07, 6.45) is 1.95. The van der Waals surface area contributed by atoms with Gasteiger partial charge >= 0.3 is 5.97 Å². The molecule has 1 aliphatic heterocycles. The lowest BCUT2D eigenvalue weighted by atomic mass is 9.92. The van der Waals surface area contributed by atoms with Gasteiger partial charge in [-0.3, -0.25) is 4.79 Å². The highest BCUT2D eigenvalue weighted by Crippen LogP contribution is 2.24. The van der Waals surface area contributed by atoms with E-state index in [1.165, 1.54) is 6.07 Å². The van der Waals surface area contributed by atoms with Crippen molar-refractivity contribution < 1.29 is 14.7 Å². The second-order valence-electron chi connectivity index (χ2n) is 5.33. The Bertz CT molecular complexity index is 498. The Morgan fingerprint density at radius 2 is 1.84 bits per heavy atom. The predicted octanol–water partition coefficient (Wildman–Crippen LogP) is 2.65. The van der Waals surface area contributed by atoms with Crippen LogP contribution < -0.4 is 0 Å². The van der Waals surface area contributed by atoms with E-state index in [1.54, 1.807) is 23.1 Å². The van der Waals surface area contributed by atoms with Gasteiger partial charge in [0.25, 0.3) is 5.91 Å². The van der Waals surface area contributed by atoms with Gasteiger partial charge in [-0.25, -0.2) is 4.79 Å². The SMILES string of the molecule is C[C@@H]1CCN(C(=O)c2ccccc2C(=O)O)[C@@H](C)C1. The molecule has 0 radical (unpaired) electrons. The monoisotopic (exact) mass is 261 g/mol. The summed E-state index contributed by atoms with van der Waals surface area (Å²) in [7, 11) is 0. The molecular weight excluding hydrogens is 242 g/mol. The van der Waals surface area contributed by atoms with Crippen molar-refractivity contribution in [1.82, 2.24) is 4.90 Å². The fraction of sp³-hybridized carbons (Fsp3) is 0.467. The van der Waals surface area contributed by atoms with Gasteiger partial charge in [0, 0.05) is 12.6 Å². The first-order chi connectivity index (χ1) is 9.00. The van der Waals surface area contributed by atoms with Crippen molar-refractivity contribution in [3.05, 3.63) is 35.4 Å². The molecule has 2 atom stereocenters. The lowest BCUT2D eigenvalue weighted by Gasteiger charge is -2.36. The Kier molecular flexibility index (Phi) is 3.88.